The van der Waals surface area contributed by atoms with Crippen molar-refractivity contribution in [3.63, 3.8) is 0 Å². The first kappa shape index (κ1) is 14.2. The lowest BCUT2D eigenvalue weighted by atomic mass is 9.69. The third-order valence-electron chi connectivity index (χ3n) is 4.06. The van der Waals surface area contributed by atoms with Crippen molar-refractivity contribution in [1.29, 1.82) is 0 Å². The zero-order valence-electron chi connectivity index (χ0n) is 11.9. The molecule has 108 valence electrons. The number of amides is 1. The van der Waals surface area contributed by atoms with Crippen molar-refractivity contribution < 1.29 is 19.4 Å². The highest BCUT2D eigenvalue weighted by Crippen LogP contribution is 2.47. The average Bonchev–Trinajstić information content (AvgIpc) is 2.24. The van der Waals surface area contributed by atoms with Crippen molar-refractivity contribution in [3.05, 3.63) is 0 Å². The lowest BCUT2D eigenvalue weighted by molar-refractivity contribution is -0.162. The van der Waals surface area contributed by atoms with Crippen LogP contribution in [-0.4, -0.2) is 39.3 Å². The molecular formula is C14H23NO4. The zero-order valence-corrected chi connectivity index (χ0v) is 11.9. The standard InChI is InChI=1S/C14H23NO4/c1-13(2,3)19-12(18)15-10(11(16)17)9-14(15)7-5-4-6-8-14/h10H,4-9H2,1-3H3,(H,16,17). The molecule has 5 nitrogen and oxygen atoms in total. The molecule has 1 atom stereocenters. The molecule has 1 aliphatic carbocycles. The third kappa shape index (κ3) is 2.69. The maximum Gasteiger partial charge on any atom is 0.411 e. The summed E-state index contributed by atoms with van der Waals surface area (Å²) in [5, 5.41) is 9.22. The van der Waals surface area contributed by atoms with Gasteiger partial charge in [-0.25, -0.2) is 9.59 Å². The number of rotatable bonds is 1. The first-order valence-corrected chi connectivity index (χ1v) is 7.00. The number of ether oxygens (including phenoxy) is 1. The lowest BCUT2D eigenvalue weighted by Gasteiger charge is -2.57. The number of carbonyl (C=O) groups is 2. The van der Waals surface area contributed by atoms with Crippen molar-refractivity contribution in [2.75, 3.05) is 0 Å². The Kier molecular flexibility index (Phi) is 3.49. The largest absolute Gasteiger partial charge is 0.480 e. The van der Waals surface area contributed by atoms with Crippen LogP contribution in [0.3, 0.4) is 0 Å². The van der Waals surface area contributed by atoms with Gasteiger partial charge in [-0.05, 0) is 33.6 Å². The van der Waals surface area contributed by atoms with Crippen LogP contribution in [-0.2, 0) is 9.53 Å². The van der Waals surface area contributed by atoms with Gasteiger partial charge >= 0.3 is 12.1 Å². The fourth-order valence-corrected chi connectivity index (χ4v) is 3.25. The summed E-state index contributed by atoms with van der Waals surface area (Å²) in [6, 6.07) is -0.715. The second-order valence-corrected chi connectivity index (χ2v) is 6.69. The number of likely N-dealkylation sites (tertiary alicyclic amines) is 1. The summed E-state index contributed by atoms with van der Waals surface area (Å²) >= 11 is 0. The quantitative estimate of drug-likeness (QED) is 0.794. The zero-order chi connectivity index (χ0) is 14.3. The molecule has 0 bridgehead atoms. The molecule has 1 spiro atoms. The molecule has 0 aromatic carbocycles. The van der Waals surface area contributed by atoms with E-state index >= 15 is 0 Å². The van der Waals surface area contributed by atoms with Gasteiger partial charge in [0, 0.05) is 12.0 Å². The van der Waals surface area contributed by atoms with E-state index in [1.165, 1.54) is 11.3 Å². The molecule has 1 amide bonds. The van der Waals surface area contributed by atoms with Crippen LogP contribution in [0, 0.1) is 0 Å². The number of hydrogen-bond acceptors (Lipinski definition) is 3. The Balaban J connectivity index is 2.15. The Morgan fingerprint density at radius 1 is 1.21 bits per heavy atom. The fraction of sp³-hybridized carbons (Fsp3) is 0.857. The maximum atomic E-state index is 12.3. The molecule has 1 saturated heterocycles. The van der Waals surface area contributed by atoms with Crippen molar-refractivity contribution in [2.24, 2.45) is 0 Å². The van der Waals surface area contributed by atoms with Crippen LogP contribution < -0.4 is 0 Å². The normalized spacial score (nSPS) is 25.8. The van der Waals surface area contributed by atoms with Crippen LogP contribution in [0.2, 0.25) is 0 Å². The van der Waals surface area contributed by atoms with Crippen LogP contribution in [0.5, 0.6) is 0 Å². The number of nitrogens with zero attached hydrogens (tertiary/aromatic N) is 1. The second-order valence-electron chi connectivity index (χ2n) is 6.69. The van der Waals surface area contributed by atoms with Crippen LogP contribution in [0.25, 0.3) is 0 Å². The average molecular weight is 269 g/mol. The van der Waals surface area contributed by atoms with E-state index in [4.69, 9.17) is 4.74 Å². The topological polar surface area (TPSA) is 66.8 Å². The predicted octanol–water partition coefficient (Wildman–Crippen LogP) is 2.78. The van der Waals surface area contributed by atoms with Crippen molar-refractivity contribution in [2.45, 2.75) is 76.5 Å². The molecule has 1 unspecified atom stereocenters. The van der Waals surface area contributed by atoms with E-state index in [0.29, 0.717) is 6.42 Å². The highest BCUT2D eigenvalue weighted by molar-refractivity contribution is 5.83. The van der Waals surface area contributed by atoms with Crippen molar-refractivity contribution in [3.8, 4) is 0 Å². The Morgan fingerprint density at radius 3 is 2.26 bits per heavy atom. The van der Waals surface area contributed by atoms with Gasteiger partial charge in [0.15, 0.2) is 0 Å². The predicted molar refractivity (Wildman–Crippen MR) is 69.9 cm³/mol. The third-order valence-corrected chi connectivity index (χ3v) is 4.06. The Hall–Kier alpha value is -1.26. The highest BCUT2D eigenvalue weighted by atomic mass is 16.6. The molecule has 2 fully saturated rings. The summed E-state index contributed by atoms with van der Waals surface area (Å²) in [5.41, 5.74) is -0.852. The first-order chi connectivity index (χ1) is 8.75. The van der Waals surface area contributed by atoms with Crippen LogP contribution in [0.15, 0.2) is 0 Å². The van der Waals surface area contributed by atoms with Crippen LogP contribution >= 0.6 is 0 Å². The Bertz CT molecular complexity index is 379. The number of aliphatic carboxylic acids is 1. The lowest BCUT2D eigenvalue weighted by Crippen LogP contribution is -2.71. The monoisotopic (exact) mass is 269 g/mol. The van der Waals surface area contributed by atoms with Gasteiger partial charge in [-0.2, -0.15) is 0 Å². The molecule has 0 aromatic rings. The van der Waals surface area contributed by atoms with Crippen LogP contribution in [0.1, 0.15) is 59.3 Å². The number of carboxylic acid groups (broad SMARTS) is 1. The van der Waals surface area contributed by atoms with E-state index in [1.807, 2.05) is 0 Å². The molecule has 0 aromatic heterocycles. The van der Waals surface area contributed by atoms with Crippen LogP contribution in [0.4, 0.5) is 4.79 Å². The van der Waals surface area contributed by atoms with Crippen molar-refractivity contribution >= 4 is 12.1 Å². The van der Waals surface area contributed by atoms with Gasteiger partial charge in [-0.3, -0.25) is 4.90 Å². The second kappa shape index (κ2) is 4.69. The molecule has 5 heteroatoms. The summed E-state index contributed by atoms with van der Waals surface area (Å²) < 4.78 is 5.37. The molecule has 0 radical (unpaired) electrons. The fourth-order valence-electron chi connectivity index (χ4n) is 3.25. The molecule has 1 aliphatic heterocycles. The van der Waals surface area contributed by atoms with Gasteiger partial charge in [0.05, 0.1) is 0 Å². The van der Waals surface area contributed by atoms with Gasteiger partial charge < -0.3 is 9.84 Å². The Morgan fingerprint density at radius 2 is 1.79 bits per heavy atom. The summed E-state index contributed by atoms with van der Waals surface area (Å²) in [4.78, 5) is 25.0. The van der Waals surface area contributed by atoms with Crippen molar-refractivity contribution in [1.82, 2.24) is 4.90 Å². The minimum absolute atomic E-state index is 0.260. The smallest absolute Gasteiger partial charge is 0.411 e. The van der Waals surface area contributed by atoms with E-state index in [2.05, 4.69) is 0 Å². The summed E-state index contributed by atoms with van der Waals surface area (Å²) in [6.45, 7) is 5.40. The van der Waals surface area contributed by atoms with E-state index in [9.17, 15) is 14.7 Å². The number of carbonyl (C=O) groups excluding carboxylic acids is 1. The van der Waals surface area contributed by atoms with Gasteiger partial charge in [-0.15, -0.1) is 0 Å². The molecule has 2 aliphatic rings. The summed E-state index contributed by atoms with van der Waals surface area (Å²) in [5.74, 6) is -0.929. The van der Waals surface area contributed by atoms with E-state index < -0.39 is 23.7 Å². The SMILES string of the molecule is CC(C)(C)OC(=O)N1C(C(=O)O)CC12CCCCC2. The molecule has 1 saturated carbocycles. The van der Waals surface area contributed by atoms with E-state index in [0.717, 1.165) is 25.7 Å². The van der Waals surface area contributed by atoms with Gasteiger partial charge in [0.25, 0.3) is 0 Å². The maximum absolute atomic E-state index is 12.3. The number of hydrogen-bond donors (Lipinski definition) is 1. The molecule has 19 heavy (non-hydrogen) atoms. The van der Waals surface area contributed by atoms with Gasteiger partial charge in [-0.1, -0.05) is 19.3 Å². The minimum Gasteiger partial charge on any atom is -0.480 e. The first-order valence-electron chi connectivity index (χ1n) is 7.00. The summed E-state index contributed by atoms with van der Waals surface area (Å²) in [6.07, 6.45) is 5.18. The highest BCUT2D eigenvalue weighted by Gasteiger charge is 2.58. The van der Waals surface area contributed by atoms with E-state index in [-0.39, 0.29) is 5.54 Å². The molecule has 1 N–H and O–H groups in total. The molecular weight excluding hydrogens is 246 g/mol. The molecule has 1 heterocycles. The number of carboxylic acids is 1. The van der Waals surface area contributed by atoms with Gasteiger partial charge in [0.2, 0.25) is 0 Å². The van der Waals surface area contributed by atoms with Gasteiger partial charge in [0.1, 0.15) is 11.6 Å². The molecule has 2 rings (SSSR count). The Labute approximate surface area is 113 Å². The summed E-state index contributed by atoms with van der Waals surface area (Å²) in [7, 11) is 0. The minimum atomic E-state index is -0.929. The van der Waals surface area contributed by atoms with E-state index in [1.54, 1.807) is 20.8 Å².